The maximum absolute atomic E-state index is 3.48. The summed E-state index contributed by atoms with van der Waals surface area (Å²) in [6.07, 6.45) is 13.5. The van der Waals surface area contributed by atoms with Crippen molar-refractivity contribution in [1.29, 1.82) is 0 Å². The van der Waals surface area contributed by atoms with Crippen molar-refractivity contribution in [2.45, 2.75) is 73.4 Å². The average molecular weight is 426 g/mol. The van der Waals surface area contributed by atoms with Crippen molar-refractivity contribution in [2.24, 2.45) is 5.92 Å². The molecule has 5 heteroatoms. The van der Waals surface area contributed by atoms with E-state index < -0.39 is 0 Å². The molecule has 0 amide bonds. The fraction of sp³-hybridized carbons (Fsp3) is 1.00. The second kappa shape index (κ2) is 10.7. The molecule has 126 valence electrons. The molecule has 2 saturated carbocycles. The first-order valence-electron chi connectivity index (χ1n) is 8.79. The number of hydrogen-bond acceptors (Lipinski definition) is 3. The summed E-state index contributed by atoms with van der Waals surface area (Å²) in [5, 5.41) is 3.40. The zero-order valence-corrected chi connectivity index (χ0v) is 16.9. The Balaban J connectivity index is 1.69. The van der Waals surface area contributed by atoms with Crippen molar-refractivity contribution in [3.63, 3.8) is 0 Å². The van der Waals surface area contributed by atoms with Crippen molar-refractivity contribution < 1.29 is 21.2 Å². The van der Waals surface area contributed by atoms with Gasteiger partial charge in [-0.3, -0.25) is 0 Å². The van der Waals surface area contributed by atoms with Gasteiger partial charge in [-0.1, -0.05) is 0 Å². The summed E-state index contributed by atoms with van der Waals surface area (Å²) >= 11 is 0.373. The number of hydrazine groups is 1. The van der Waals surface area contributed by atoms with Crippen LogP contribution < -0.4 is 37.1 Å². The quantitative estimate of drug-likeness (QED) is 0.230. The monoisotopic (exact) mass is 426 g/mol. The van der Waals surface area contributed by atoms with Gasteiger partial charge in [-0.15, -0.1) is 0 Å². The summed E-state index contributed by atoms with van der Waals surface area (Å²) in [5.41, 5.74) is 7.55. The van der Waals surface area contributed by atoms with E-state index in [9.17, 15) is 0 Å². The summed E-state index contributed by atoms with van der Waals surface area (Å²) in [6.45, 7) is 0. The first-order valence-corrected chi connectivity index (χ1v) is 12.6. The fourth-order valence-corrected chi connectivity index (χ4v) is 10.1. The molecule has 4 atom stereocenters. The first-order chi connectivity index (χ1) is 10.4. The molecule has 3 N–H and O–H groups in total. The molecular weight excluding hydrogens is 392 g/mol. The molecule has 0 aromatic heterocycles. The number of halogens is 1. The number of alkyl halides is 2. The minimum atomic E-state index is 0.373. The molecule has 0 bridgehead atoms. The van der Waals surface area contributed by atoms with E-state index in [1.54, 1.807) is 4.43 Å². The zero-order chi connectivity index (χ0) is 14.9. The van der Waals surface area contributed by atoms with Crippen LogP contribution in [0.3, 0.4) is 0 Å². The molecule has 2 rings (SSSR count). The Hall–Kier alpha value is 1.04. The second-order valence-electron chi connectivity index (χ2n) is 6.51. The van der Waals surface area contributed by atoms with Crippen LogP contribution >= 0.6 is 8.73 Å². The van der Waals surface area contributed by atoms with Gasteiger partial charge >= 0.3 is 144 Å². The van der Waals surface area contributed by atoms with E-state index >= 15 is 0 Å². The van der Waals surface area contributed by atoms with Crippen molar-refractivity contribution in [3.05, 3.63) is 0 Å². The topological polar surface area (TPSA) is 36.1 Å². The minimum absolute atomic E-state index is 0.373. The molecule has 0 saturated heterocycles. The number of hydrogen-bond donors (Lipinski definition) is 3. The van der Waals surface area contributed by atoms with Gasteiger partial charge in [-0.25, -0.2) is 0 Å². The number of nitrogens with one attached hydrogen (secondary N) is 3. The molecule has 0 spiro atoms. The van der Waals surface area contributed by atoms with Crippen LogP contribution in [-0.4, -0.2) is 34.1 Å². The van der Waals surface area contributed by atoms with Crippen LogP contribution in [-0.2, 0) is 0 Å². The van der Waals surface area contributed by atoms with Crippen molar-refractivity contribution in [1.82, 2.24) is 15.9 Å². The van der Waals surface area contributed by atoms with Gasteiger partial charge in [-0.05, 0) is 0 Å². The summed E-state index contributed by atoms with van der Waals surface area (Å²) in [5.74, 6) is 1.06. The number of rotatable bonds is 7. The van der Waals surface area contributed by atoms with E-state index in [0.717, 1.165) is 30.3 Å². The Morgan fingerprint density at radius 1 is 0.952 bits per heavy atom. The van der Waals surface area contributed by atoms with E-state index in [0.29, 0.717) is 21.2 Å². The standard InChI is InChI=1S/C16H34IN3P/c1-18-20-15-14(16(15)21-19-2)17-12-13-10-8-6-4-3-5-7-9-11-13/h13-16,18-21H,3-12H2,1-2H3/q-1. The Bertz CT molecular complexity index is 258. The Labute approximate surface area is 143 Å². The molecule has 21 heavy (non-hydrogen) atoms. The first kappa shape index (κ1) is 18.4. The molecule has 0 aromatic rings. The molecule has 4 unspecified atom stereocenters. The van der Waals surface area contributed by atoms with Gasteiger partial charge in [-0.2, -0.15) is 0 Å². The van der Waals surface area contributed by atoms with Gasteiger partial charge in [0.2, 0.25) is 0 Å². The van der Waals surface area contributed by atoms with Crippen LogP contribution in [0.25, 0.3) is 0 Å². The van der Waals surface area contributed by atoms with Gasteiger partial charge in [0.15, 0.2) is 0 Å². The van der Waals surface area contributed by atoms with E-state index in [1.807, 2.05) is 7.05 Å². The summed E-state index contributed by atoms with van der Waals surface area (Å²) in [4.78, 5) is 0. The van der Waals surface area contributed by atoms with Crippen LogP contribution in [0.15, 0.2) is 0 Å². The van der Waals surface area contributed by atoms with Crippen LogP contribution in [0.4, 0.5) is 0 Å². The Morgan fingerprint density at radius 3 is 2.14 bits per heavy atom. The molecule has 3 nitrogen and oxygen atoms in total. The Morgan fingerprint density at radius 2 is 1.57 bits per heavy atom. The van der Waals surface area contributed by atoms with Crippen molar-refractivity contribution in [3.8, 4) is 0 Å². The van der Waals surface area contributed by atoms with Gasteiger partial charge < -0.3 is 0 Å². The fourth-order valence-electron chi connectivity index (χ4n) is 3.42. The molecular formula is C16H34IN3P-. The van der Waals surface area contributed by atoms with Crippen molar-refractivity contribution in [2.75, 3.05) is 18.5 Å². The zero-order valence-electron chi connectivity index (χ0n) is 13.8. The summed E-state index contributed by atoms with van der Waals surface area (Å²) in [7, 11) is 5.05. The summed E-state index contributed by atoms with van der Waals surface area (Å²) in [6, 6.07) is 0.758. The van der Waals surface area contributed by atoms with Crippen LogP contribution in [0.1, 0.15) is 57.8 Å². The van der Waals surface area contributed by atoms with Gasteiger partial charge in [0, 0.05) is 0 Å². The third kappa shape index (κ3) is 6.58. The van der Waals surface area contributed by atoms with Crippen LogP contribution in [0, 0.1) is 5.92 Å². The van der Waals surface area contributed by atoms with Crippen LogP contribution in [0.5, 0.6) is 0 Å². The molecule has 2 aliphatic carbocycles. The second-order valence-corrected chi connectivity index (χ2v) is 11.2. The van der Waals surface area contributed by atoms with E-state index in [2.05, 4.69) is 23.0 Å². The van der Waals surface area contributed by atoms with Gasteiger partial charge in [0.1, 0.15) is 0 Å². The third-order valence-electron chi connectivity index (χ3n) is 4.76. The Kier molecular flexibility index (Phi) is 9.41. The molecule has 0 heterocycles. The SMILES string of the molecule is CNNC1C(PNC)C1[I-]CC1CCCCCCCCC1. The predicted octanol–water partition coefficient (Wildman–Crippen LogP) is -0.128. The van der Waals surface area contributed by atoms with E-state index in [4.69, 9.17) is 0 Å². The molecule has 2 aliphatic rings. The van der Waals surface area contributed by atoms with E-state index in [1.165, 1.54) is 57.8 Å². The predicted molar refractivity (Wildman–Crippen MR) is 90.8 cm³/mol. The molecule has 0 aliphatic heterocycles. The average Bonchev–Trinajstić information content (AvgIpc) is 3.15. The van der Waals surface area contributed by atoms with Gasteiger partial charge in [0.05, 0.1) is 0 Å². The van der Waals surface area contributed by atoms with Gasteiger partial charge in [0.25, 0.3) is 0 Å². The third-order valence-corrected chi connectivity index (χ3v) is 11.1. The van der Waals surface area contributed by atoms with Crippen LogP contribution in [0.2, 0.25) is 0 Å². The van der Waals surface area contributed by atoms with Crippen molar-refractivity contribution >= 4 is 8.73 Å². The normalized spacial score (nSPS) is 32.8. The molecule has 0 radical (unpaired) electrons. The maximum atomic E-state index is 3.48. The molecule has 0 aromatic carbocycles. The summed E-state index contributed by atoms with van der Waals surface area (Å²) < 4.78 is 2.59. The van der Waals surface area contributed by atoms with E-state index in [-0.39, 0.29) is 0 Å². The molecule has 2 fully saturated rings.